The van der Waals surface area contributed by atoms with E-state index in [2.05, 4.69) is 17.2 Å². The lowest BCUT2D eigenvalue weighted by Crippen LogP contribution is -2.01. The standard InChI is InChI=1S/C10H18N2OS/c1-8-9(2)14-10(12-8)11-6-4-3-5-7-13/h13H,3-7H2,1-2H3,(H,11,12). The second-order valence-corrected chi connectivity index (χ2v) is 4.57. The maximum atomic E-state index is 8.59. The summed E-state index contributed by atoms with van der Waals surface area (Å²) >= 11 is 1.71. The highest BCUT2D eigenvalue weighted by Gasteiger charge is 2.01. The van der Waals surface area contributed by atoms with Gasteiger partial charge in [0, 0.05) is 18.0 Å². The molecule has 0 aliphatic heterocycles. The SMILES string of the molecule is Cc1nc(NCCCCCO)sc1C. The monoisotopic (exact) mass is 214 g/mol. The van der Waals surface area contributed by atoms with Gasteiger partial charge in [-0.1, -0.05) is 0 Å². The van der Waals surface area contributed by atoms with Crippen LogP contribution in [-0.4, -0.2) is 23.2 Å². The zero-order chi connectivity index (χ0) is 10.4. The molecule has 0 fully saturated rings. The Morgan fingerprint density at radius 1 is 1.29 bits per heavy atom. The summed E-state index contributed by atoms with van der Waals surface area (Å²) in [7, 11) is 0. The van der Waals surface area contributed by atoms with Crippen LogP contribution in [0, 0.1) is 13.8 Å². The van der Waals surface area contributed by atoms with Crippen molar-refractivity contribution in [3.8, 4) is 0 Å². The summed E-state index contributed by atoms with van der Waals surface area (Å²) in [6.45, 7) is 5.37. The molecule has 0 spiro atoms. The molecule has 2 N–H and O–H groups in total. The molecule has 0 bridgehead atoms. The van der Waals surface area contributed by atoms with E-state index in [1.165, 1.54) is 4.88 Å². The van der Waals surface area contributed by atoms with E-state index in [0.717, 1.165) is 36.6 Å². The molecule has 1 rings (SSSR count). The van der Waals surface area contributed by atoms with E-state index in [4.69, 9.17) is 5.11 Å². The Morgan fingerprint density at radius 2 is 2.07 bits per heavy atom. The third kappa shape index (κ3) is 3.64. The van der Waals surface area contributed by atoms with E-state index >= 15 is 0 Å². The highest BCUT2D eigenvalue weighted by molar-refractivity contribution is 7.15. The van der Waals surface area contributed by atoms with Crippen molar-refractivity contribution in [1.29, 1.82) is 0 Å². The van der Waals surface area contributed by atoms with Crippen molar-refractivity contribution in [2.45, 2.75) is 33.1 Å². The van der Waals surface area contributed by atoms with Crippen molar-refractivity contribution in [2.75, 3.05) is 18.5 Å². The van der Waals surface area contributed by atoms with Gasteiger partial charge in [-0.25, -0.2) is 4.98 Å². The van der Waals surface area contributed by atoms with Gasteiger partial charge in [-0.2, -0.15) is 0 Å². The second kappa shape index (κ2) is 5.98. The number of nitrogens with one attached hydrogen (secondary N) is 1. The molecule has 1 heterocycles. The molecule has 80 valence electrons. The van der Waals surface area contributed by atoms with Crippen LogP contribution in [0.4, 0.5) is 5.13 Å². The lowest BCUT2D eigenvalue weighted by Gasteiger charge is -2.00. The molecule has 0 aromatic carbocycles. The van der Waals surface area contributed by atoms with Crippen molar-refractivity contribution in [3.05, 3.63) is 10.6 Å². The number of hydrogen-bond donors (Lipinski definition) is 2. The number of thiazole rings is 1. The van der Waals surface area contributed by atoms with Crippen LogP contribution in [0.2, 0.25) is 0 Å². The molecule has 0 aliphatic rings. The number of rotatable bonds is 6. The van der Waals surface area contributed by atoms with Gasteiger partial charge in [0.1, 0.15) is 0 Å². The number of aliphatic hydroxyl groups excluding tert-OH is 1. The van der Waals surface area contributed by atoms with Crippen LogP contribution in [0.5, 0.6) is 0 Å². The number of anilines is 1. The van der Waals surface area contributed by atoms with E-state index in [-0.39, 0.29) is 0 Å². The zero-order valence-corrected chi connectivity index (χ0v) is 9.65. The molecule has 0 unspecified atom stereocenters. The summed E-state index contributed by atoms with van der Waals surface area (Å²) in [6, 6.07) is 0. The van der Waals surface area contributed by atoms with E-state index in [1.807, 2.05) is 6.92 Å². The first-order valence-electron chi connectivity index (χ1n) is 5.03. The highest BCUT2D eigenvalue weighted by Crippen LogP contribution is 2.20. The van der Waals surface area contributed by atoms with Crippen molar-refractivity contribution in [2.24, 2.45) is 0 Å². The summed E-state index contributed by atoms with van der Waals surface area (Å²) in [5.74, 6) is 0. The first-order valence-corrected chi connectivity index (χ1v) is 5.84. The minimum Gasteiger partial charge on any atom is -0.396 e. The van der Waals surface area contributed by atoms with Crippen molar-refractivity contribution in [3.63, 3.8) is 0 Å². The molecule has 14 heavy (non-hydrogen) atoms. The minimum atomic E-state index is 0.301. The predicted octanol–water partition coefficient (Wildman–Crippen LogP) is 2.33. The second-order valence-electron chi connectivity index (χ2n) is 3.37. The molecule has 0 aliphatic carbocycles. The quantitative estimate of drug-likeness (QED) is 0.714. The summed E-state index contributed by atoms with van der Waals surface area (Å²) in [5, 5.41) is 12.9. The van der Waals surface area contributed by atoms with Gasteiger partial charge in [-0.3, -0.25) is 0 Å². The maximum Gasteiger partial charge on any atom is 0.183 e. The molecule has 0 saturated heterocycles. The fraction of sp³-hybridized carbons (Fsp3) is 0.700. The van der Waals surface area contributed by atoms with Crippen LogP contribution < -0.4 is 5.32 Å². The summed E-state index contributed by atoms with van der Waals surface area (Å²) in [5.41, 5.74) is 1.12. The fourth-order valence-electron chi connectivity index (χ4n) is 1.16. The first-order chi connectivity index (χ1) is 6.74. The van der Waals surface area contributed by atoms with Gasteiger partial charge in [0.25, 0.3) is 0 Å². The van der Waals surface area contributed by atoms with Crippen LogP contribution in [0.25, 0.3) is 0 Å². The summed E-state index contributed by atoms with van der Waals surface area (Å²) < 4.78 is 0. The molecule has 1 aromatic rings. The summed E-state index contributed by atoms with van der Waals surface area (Å²) in [4.78, 5) is 5.67. The van der Waals surface area contributed by atoms with Crippen molar-refractivity contribution >= 4 is 16.5 Å². The lowest BCUT2D eigenvalue weighted by atomic mass is 10.2. The first kappa shape index (κ1) is 11.5. The van der Waals surface area contributed by atoms with Gasteiger partial charge < -0.3 is 10.4 Å². The maximum absolute atomic E-state index is 8.59. The van der Waals surface area contributed by atoms with Crippen LogP contribution in [0.3, 0.4) is 0 Å². The molecule has 4 heteroatoms. The summed E-state index contributed by atoms with van der Waals surface area (Å²) in [6.07, 6.45) is 3.07. The van der Waals surface area contributed by atoms with E-state index in [9.17, 15) is 0 Å². The predicted molar refractivity (Wildman–Crippen MR) is 61.0 cm³/mol. The topological polar surface area (TPSA) is 45.2 Å². The van der Waals surface area contributed by atoms with Crippen molar-refractivity contribution < 1.29 is 5.11 Å². The Labute approximate surface area is 89.2 Å². The number of aliphatic hydroxyl groups is 1. The highest BCUT2D eigenvalue weighted by atomic mass is 32.1. The van der Waals surface area contributed by atoms with Crippen LogP contribution >= 0.6 is 11.3 Å². The molecule has 0 saturated carbocycles. The largest absolute Gasteiger partial charge is 0.396 e. The Balaban J connectivity index is 2.18. The molecular weight excluding hydrogens is 196 g/mol. The van der Waals surface area contributed by atoms with Crippen LogP contribution in [0.15, 0.2) is 0 Å². The van der Waals surface area contributed by atoms with Gasteiger partial charge in [0.15, 0.2) is 5.13 Å². The number of unbranched alkanes of at least 4 members (excludes halogenated alkanes) is 2. The average Bonchev–Trinajstić information content (AvgIpc) is 2.46. The number of aryl methyl sites for hydroxylation is 2. The van der Waals surface area contributed by atoms with Gasteiger partial charge >= 0.3 is 0 Å². The van der Waals surface area contributed by atoms with Crippen molar-refractivity contribution in [1.82, 2.24) is 4.98 Å². The Bertz CT molecular complexity index is 254. The Morgan fingerprint density at radius 3 is 2.64 bits per heavy atom. The van der Waals surface area contributed by atoms with Crippen LogP contribution in [-0.2, 0) is 0 Å². The number of hydrogen-bond acceptors (Lipinski definition) is 4. The fourth-order valence-corrected chi connectivity index (χ4v) is 2.00. The molecular formula is C10H18N2OS. The number of aromatic nitrogens is 1. The van der Waals surface area contributed by atoms with E-state index in [0.29, 0.717) is 6.61 Å². The zero-order valence-electron chi connectivity index (χ0n) is 8.84. The lowest BCUT2D eigenvalue weighted by molar-refractivity contribution is 0.283. The van der Waals surface area contributed by atoms with Gasteiger partial charge in [-0.05, 0) is 33.1 Å². The molecule has 0 atom stereocenters. The molecule has 0 amide bonds. The Hall–Kier alpha value is -0.610. The van der Waals surface area contributed by atoms with Gasteiger partial charge in [0.05, 0.1) is 5.69 Å². The molecule has 0 radical (unpaired) electrons. The Kier molecular flexibility index (Phi) is 4.90. The third-order valence-electron chi connectivity index (χ3n) is 2.14. The molecule has 1 aromatic heterocycles. The normalized spacial score (nSPS) is 10.5. The van der Waals surface area contributed by atoms with Gasteiger partial charge in [-0.15, -0.1) is 11.3 Å². The van der Waals surface area contributed by atoms with Gasteiger partial charge in [0.2, 0.25) is 0 Å². The molecule has 3 nitrogen and oxygen atoms in total. The minimum absolute atomic E-state index is 0.301. The third-order valence-corrected chi connectivity index (χ3v) is 3.17. The number of nitrogens with zero attached hydrogens (tertiary/aromatic N) is 1. The van der Waals surface area contributed by atoms with E-state index in [1.54, 1.807) is 11.3 Å². The van der Waals surface area contributed by atoms with Crippen LogP contribution in [0.1, 0.15) is 29.8 Å². The van der Waals surface area contributed by atoms with E-state index < -0.39 is 0 Å². The average molecular weight is 214 g/mol. The smallest absolute Gasteiger partial charge is 0.183 e.